The fourth-order valence-corrected chi connectivity index (χ4v) is 5.10. The molecule has 3 aliphatic heterocycles. The van der Waals surface area contributed by atoms with Gasteiger partial charge in [0.1, 0.15) is 5.82 Å². The molecule has 4 heterocycles. The number of para-hydroxylation sites is 1. The van der Waals surface area contributed by atoms with Crippen LogP contribution >= 0.6 is 0 Å². The Kier molecular flexibility index (Phi) is 5.60. The zero-order valence-corrected chi connectivity index (χ0v) is 20.0. The maximum Gasteiger partial charge on any atom is 0.328 e. The van der Waals surface area contributed by atoms with Crippen molar-refractivity contribution in [2.75, 3.05) is 20.1 Å². The highest BCUT2D eigenvalue weighted by atomic mass is 16.2. The first-order valence-electron chi connectivity index (χ1n) is 11.7. The molecule has 3 aliphatic rings. The van der Waals surface area contributed by atoms with Gasteiger partial charge >= 0.3 is 6.03 Å². The van der Waals surface area contributed by atoms with Crippen LogP contribution in [0.25, 0.3) is 10.9 Å². The van der Waals surface area contributed by atoms with Crippen LogP contribution in [0, 0.1) is 24.8 Å². The number of nitrogens with zero attached hydrogens (tertiary/aromatic N) is 7. The molecule has 9 heteroatoms. The monoisotopic (exact) mass is 459 g/mol. The molecule has 176 valence electrons. The van der Waals surface area contributed by atoms with Crippen molar-refractivity contribution >= 4 is 28.8 Å². The Labute approximate surface area is 199 Å². The summed E-state index contributed by atoms with van der Waals surface area (Å²) in [4.78, 5) is 47.7. The second kappa shape index (κ2) is 8.60. The van der Waals surface area contributed by atoms with Crippen molar-refractivity contribution < 1.29 is 9.59 Å². The molecule has 34 heavy (non-hydrogen) atoms. The molecule has 0 saturated carbocycles. The van der Waals surface area contributed by atoms with Crippen LogP contribution in [-0.4, -0.2) is 79.8 Å². The molecule has 1 aromatic heterocycles. The zero-order chi connectivity index (χ0) is 24.0. The van der Waals surface area contributed by atoms with E-state index >= 15 is 0 Å². The number of likely N-dealkylation sites (N-methyl/N-ethyl adjacent to an activating group) is 1. The second-order valence-electron chi connectivity index (χ2n) is 9.27. The van der Waals surface area contributed by atoms with E-state index in [1.165, 1.54) is 16.2 Å². The van der Waals surface area contributed by atoms with Crippen LogP contribution in [0.5, 0.6) is 0 Å². The number of benzene rings is 1. The molecular formula is C25H29N7O2. The highest BCUT2D eigenvalue weighted by Crippen LogP contribution is 2.30. The van der Waals surface area contributed by atoms with E-state index in [4.69, 9.17) is 4.99 Å². The minimum atomic E-state index is -0.691. The summed E-state index contributed by atoms with van der Waals surface area (Å²) in [6, 6.07) is 9.71. The fraction of sp³-hybridized carbons (Fsp3) is 0.480. The highest BCUT2D eigenvalue weighted by molar-refractivity contribution is 6.04. The molecule has 1 aromatic carbocycles. The highest BCUT2D eigenvalue weighted by Gasteiger charge is 2.53. The Hall–Kier alpha value is -3.67. The summed E-state index contributed by atoms with van der Waals surface area (Å²) in [6.07, 6.45) is 1.63. The number of aliphatic imine (C=N–C) groups is 1. The average Bonchev–Trinajstić information content (AvgIpc) is 3.20. The van der Waals surface area contributed by atoms with E-state index in [2.05, 4.69) is 33.8 Å². The number of fused-ring (bicyclic) bond motifs is 2. The predicted molar refractivity (Wildman–Crippen MR) is 128 cm³/mol. The van der Waals surface area contributed by atoms with Gasteiger partial charge in [-0.25, -0.2) is 19.8 Å². The smallest absolute Gasteiger partial charge is 0.328 e. The number of imide groups is 1. The summed E-state index contributed by atoms with van der Waals surface area (Å²) >= 11 is 0. The van der Waals surface area contributed by atoms with E-state index in [0.717, 1.165) is 36.1 Å². The third-order valence-corrected chi connectivity index (χ3v) is 6.78. The van der Waals surface area contributed by atoms with Gasteiger partial charge in [0.2, 0.25) is 5.96 Å². The molecule has 0 spiro atoms. The minimum absolute atomic E-state index is 0.000373. The number of carbonyl (C=O) groups is 2. The lowest BCUT2D eigenvalue weighted by atomic mass is 10.0. The van der Waals surface area contributed by atoms with Gasteiger partial charge in [0.05, 0.1) is 12.1 Å². The van der Waals surface area contributed by atoms with Gasteiger partial charge in [-0.05, 0) is 38.7 Å². The Bertz CT molecular complexity index is 1250. The molecule has 2 saturated heterocycles. The number of amides is 3. The Balaban J connectivity index is 1.47. The van der Waals surface area contributed by atoms with E-state index < -0.39 is 18.2 Å². The van der Waals surface area contributed by atoms with Crippen LogP contribution < -0.4 is 0 Å². The zero-order valence-electron chi connectivity index (χ0n) is 20.0. The molecule has 0 radical (unpaired) electrons. The standard InChI is InChI=1S/C25H29N7O2/c1-5-12-31-21-22(28-24(31)30-13-8-9-16(2)14-30)29(4)25(34)32(23(21)33)15-20-26-17(3)18-10-6-7-11-19(18)27-20/h6-7,10-11,16,21-22H,8-9,13-15H2,1-4H3. The van der Waals surface area contributed by atoms with Crippen LogP contribution in [0.15, 0.2) is 29.3 Å². The number of aromatic nitrogens is 2. The predicted octanol–water partition coefficient (Wildman–Crippen LogP) is 2.41. The van der Waals surface area contributed by atoms with Crippen LogP contribution in [0.3, 0.4) is 0 Å². The average molecular weight is 460 g/mol. The van der Waals surface area contributed by atoms with Gasteiger partial charge in [-0.15, -0.1) is 0 Å². The van der Waals surface area contributed by atoms with E-state index in [1.807, 2.05) is 31.2 Å². The second-order valence-corrected chi connectivity index (χ2v) is 9.27. The molecule has 0 aliphatic carbocycles. The quantitative estimate of drug-likeness (QED) is 0.642. The van der Waals surface area contributed by atoms with Gasteiger partial charge in [0.25, 0.3) is 5.91 Å². The number of guanidine groups is 1. The van der Waals surface area contributed by atoms with Crippen molar-refractivity contribution in [1.82, 2.24) is 29.6 Å². The Morgan fingerprint density at radius 2 is 1.97 bits per heavy atom. The molecule has 0 N–H and O–H groups in total. The SMILES string of the molecule is CC#CN1C(N2CCCC(C)C2)=NC2C1C(=O)N(Cc1nc(C)c3ccccc3n1)C(=O)N2C. The lowest BCUT2D eigenvalue weighted by Gasteiger charge is -2.40. The minimum Gasteiger partial charge on any atom is -0.342 e. The Morgan fingerprint density at radius 1 is 1.18 bits per heavy atom. The lowest BCUT2D eigenvalue weighted by molar-refractivity contribution is -0.137. The number of carbonyl (C=O) groups excluding carboxylic acids is 2. The third kappa shape index (κ3) is 3.63. The first-order valence-corrected chi connectivity index (χ1v) is 11.7. The van der Waals surface area contributed by atoms with Gasteiger partial charge < -0.3 is 9.80 Å². The number of piperidine rings is 1. The number of hydrogen-bond donors (Lipinski definition) is 0. The van der Waals surface area contributed by atoms with E-state index in [-0.39, 0.29) is 12.5 Å². The molecule has 2 fully saturated rings. The number of aryl methyl sites for hydroxylation is 1. The summed E-state index contributed by atoms with van der Waals surface area (Å²) in [7, 11) is 1.69. The number of rotatable bonds is 2. The van der Waals surface area contributed by atoms with Crippen molar-refractivity contribution in [3.05, 3.63) is 35.8 Å². The fourth-order valence-electron chi connectivity index (χ4n) is 5.10. The maximum absolute atomic E-state index is 13.7. The summed E-state index contributed by atoms with van der Waals surface area (Å²) in [5, 5.41) is 0.953. The lowest BCUT2D eigenvalue weighted by Crippen LogP contribution is -2.64. The molecule has 0 bridgehead atoms. The van der Waals surface area contributed by atoms with Crippen molar-refractivity contribution in [3.8, 4) is 12.0 Å². The molecule has 9 nitrogen and oxygen atoms in total. The summed E-state index contributed by atoms with van der Waals surface area (Å²) in [5.41, 5.74) is 1.60. The van der Waals surface area contributed by atoms with Crippen LogP contribution in [0.1, 0.15) is 38.2 Å². The van der Waals surface area contributed by atoms with Gasteiger partial charge in [-0.1, -0.05) is 31.0 Å². The third-order valence-electron chi connectivity index (χ3n) is 6.78. The van der Waals surface area contributed by atoms with Crippen molar-refractivity contribution in [1.29, 1.82) is 0 Å². The van der Waals surface area contributed by atoms with Crippen LogP contribution in [0.4, 0.5) is 4.79 Å². The van der Waals surface area contributed by atoms with Crippen molar-refractivity contribution in [2.45, 2.75) is 52.4 Å². The van der Waals surface area contributed by atoms with E-state index in [0.29, 0.717) is 17.7 Å². The number of urea groups is 1. The molecule has 3 unspecified atom stereocenters. The molecule has 3 atom stereocenters. The first-order chi connectivity index (χ1) is 16.4. The molecule has 3 amide bonds. The van der Waals surface area contributed by atoms with Crippen molar-refractivity contribution in [2.24, 2.45) is 10.9 Å². The normalized spacial score (nSPS) is 24.8. The van der Waals surface area contributed by atoms with Crippen LogP contribution in [-0.2, 0) is 11.3 Å². The summed E-state index contributed by atoms with van der Waals surface area (Å²) in [6.45, 7) is 7.60. The van der Waals surface area contributed by atoms with Gasteiger partial charge in [-0.3, -0.25) is 14.6 Å². The topological polar surface area (TPSA) is 85.2 Å². The Morgan fingerprint density at radius 3 is 2.74 bits per heavy atom. The number of hydrogen-bond acceptors (Lipinski definition) is 7. The summed E-state index contributed by atoms with van der Waals surface area (Å²) in [5.74, 6) is 4.26. The largest absolute Gasteiger partial charge is 0.342 e. The number of likely N-dealkylation sites (tertiary alicyclic amines) is 1. The van der Waals surface area contributed by atoms with Gasteiger partial charge in [0.15, 0.2) is 12.2 Å². The van der Waals surface area contributed by atoms with E-state index in [1.54, 1.807) is 18.9 Å². The van der Waals surface area contributed by atoms with E-state index in [9.17, 15) is 9.59 Å². The van der Waals surface area contributed by atoms with Crippen molar-refractivity contribution in [3.63, 3.8) is 0 Å². The molecule has 5 rings (SSSR count). The maximum atomic E-state index is 13.7. The van der Waals surface area contributed by atoms with Gasteiger partial charge in [-0.2, -0.15) is 0 Å². The van der Waals surface area contributed by atoms with Crippen LogP contribution in [0.2, 0.25) is 0 Å². The first kappa shape index (κ1) is 22.1. The molecule has 2 aromatic rings. The molecular weight excluding hydrogens is 430 g/mol. The van der Waals surface area contributed by atoms with Gasteiger partial charge in [0, 0.05) is 37.3 Å². The summed E-state index contributed by atoms with van der Waals surface area (Å²) < 4.78 is 0.